The van der Waals surface area contributed by atoms with Crippen LogP contribution in [0.25, 0.3) is 11.0 Å². The molecule has 1 N–H and O–H groups in total. The Hall–Kier alpha value is -2.79. The molecule has 0 radical (unpaired) electrons. The molecule has 1 atom stereocenters. The summed E-state index contributed by atoms with van der Waals surface area (Å²) in [5.41, 5.74) is 2.33. The second-order valence-electron chi connectivity index (χ2n) is 6.08. The summed E-state index contributed by atoms with van der Waals surface area (Å²) >= 11 is 0. The number of ether oxygens (including phenoxy) is 2. The van der Waals surface area contributed by atoms with Gasteiger partial charge in [0.25, 0.3) is 5.91 Å². The average molecular weight is 353 g/mol. The SMILES string of the molecule is CCOc1cccc2cc(C(C)NC(=O)c3ccc(COC)cc3)oc12. The van der Waals surface area contributed by atoms with Crippen molar-refractivity contribution in [2.45, 2.75) is 26.5 Å². The highest BCUT2D eigenvalue weighted by Crippen LogP contribution is 2.31. The highest BCUT2D eigenvalue weighted by atomic mass is 16.5. The van der Waals surface area contributed by atoms with E-state index >= 15 is 0 Å². The zero-order valence-electron chi connectivity index (χ0n) is 15.2. The van der Waals surface area contributed by atoms with Crippen molar-refractivity contribution < 1.29 is 18.7 Å². The molecule has 0 saturated heterocycles. The molecule has 3 rings (SSSR count). The lowest BCUT2D eigenvalue weighted by Crippen LogP contribution is -2.26. The van der Waals surface area contributed by atoms with Crippen molar-refractivity contribution in [1.29, 1.82) is 0 Å². The molecule has 0 aliphatic carbocycles. The van der Waals surface area contributed by atoms with Crippen LogP contribution in [0.2, 0.25) is 0 Å². The van der Waals surface area contributed by atoms with Crippen molar-refractivity contribution in [3.63, 3.8) is 0 Å². The van der Waals surface area contributed by atoms with Crippen molar-refractivity contribution in [3.8, 4) is 5.75 Å². The molecule has 136 valence electrons. The summed E-state index contributed by atoms with van der Waals surface area (Å²) in [6.45, 7) is 4.93. The van der Waals surface area contributed by atoms with Gasteiger partial charge in [-0.25, -0.2) is 0 Å². The monoisotopic (exact) mass is 353 g/mol. The highest BCUT2D eigenvalue weighted by Gasteiger charge is 2.17. The number of para-hydroxylation sites is 1. The van der Waals surface area contributed by atoms with Crippen LogP contribution in [0.5, 0.6) is 5.75 Å². The molecule has 5 nitrogen and oxygen atoms in total. The van der Waals surface area contributed by atoms with E-state index < -0.39 is 0 Å². The quantitative estimate of drug-likeness (QED) is 0.681. The lowest BCUT2D eigenvalue weighted by atomic mass is 10.1. The second kappa shape index (κ2) is 8.06. The van der Waals surface area contributed by atoms with Gasteiger partial charge in [0, 0.05) is 18.1 Å². The minimum absolute atomic E-state index is 0.146. The van der Waals surface area contributed by atoms with E-state index in [1.54, 1.807) is 19.2 Å². The molecular formula is C21H23NO4. The van der Waals surface area contributed by atoms with Gasteiger partial charge in [0.05, 0.1) is 19.3 Å². The molecule has 1 aromatic heterocycles. The minimum atomic E-state index is -0.261. The normalized spacial score (nSPS) is 12.1. The summed E-state index contributed by atoms with van der Waals surface area (Å²) in [6, 6.07) is 14.8. The van der Waals surface area contributed by atoms with E-state index in [0.717, 1.165) is 10.9 Å². The van der Waals surface area contributed by atoms with Gasteiger partial charge in [-0.05, 0) is 43.7 Å². The maximum absolute atomic E-state index is 12.5. The lowest BCUT2D eigenvalue weighted by molar-refractivity contribution is 0.0935. The van der Waals surface area contributed by atoms with E-state index in [0.29, 0.717) is 35.9 Å². The Morgan fingerprint density at radius 2 is 1.96 bits per heavy atom. The fourth-order valence-corrected chi connectivity index (χ4v) is 2.81. The first-order valence-electron chi connectivity index (χ1n) is 8.66. The molecule has 0 aliphatic heterocycles. The standard InChI is InChI=1S/C21H23NO4/c1-4-25-18-7-5-6-17-12-19(26-20(17)18)14(2)22-21(23)16-10-8-15(9-11-16)13-24-3/h5-12,14H,4,13H2,1-3H3,(H,22,23). The fourth-order valence-electron chi connectivity index (χ4n) is 2.81. The molecule has 0 bridgehead atoms. The third kappa shape index (κ3) is 3.89. The van der Waals surface area contributed by atoms with Crippen LogP contribution in [0.15, 0.2) is 52.9 Å². The maximum atomic E-state index is 12.5. The summed E-state index contributed by atoms with van der Waals surface area (Å²) in [7, 11) is 1.65. The molecule has 2 aromatic carbocycles. The Bertz CT molecular complexity index is 883. The number of carbonyl (C=O) groups excluding carboxylic acids is 1. The van der Waals surface area contributed by atoms with Gasteiger partial charge in [-0.15, -0.1) is 0 Å². The van der Waals surface area contributed by atoms with Crippen molar-refractivity contribution >= 4 is 16.9 Å². The van der Waals surface area contributed by atoms with Gasteiger partial charge in [-0.1, -0.05) is 24.3 Å². The first-order valence-corrected chi connectivity index (χ1v) is 8.66. The minimum Gasteiger partial charge on any atom is -0.490 e. The Kier molecular flexibility index (Phi) is 5.58. The second-order valence-corrected chi connectivity index (χ2v) is 6.08. The number of nitrogens with one attached hydrogen (secondary N) is 1. The van der Waals surface area contributed by atoms with Gasteiger partial charge in [0.1, 0.15) is 5.76 Å². The van der Waals surface area contributed by atoms with Gasteiger partial charge in [-0.2, -0.15) is 0 Å². The van der Waals surface area contributed by atoms with Gasteiger partial charge < -0.3 is 19.2 Å². The van der Waals surface area contributed by atoms with E-state index in [4.69, 9.17) is 13.9 Å². The highest BCUT2D eigenvalue weighted by molar-refractivity contribution is 5.94. The molecular weight excluding hydrogens is 330 g/mol. The van der Waals surface area contributed by atoms with E-state index in [-0.39, 0.29) is 11.9 Å². The molecule has 0 saturated carbocycles. The summed E-state index contributed by atoms with van der Waals surface area (Å²) in [6.07, 6.45) is 0. The van der Waals surface area contributed by atoms with E-state index in [2.05, 4.69) is 5.32 Å². The van der Waals surface area contributed by atoms with E-state index in [1.165, 1.54) is 0 Å². The Labute approximate surface area is 152 Å². The summed E-state index contributed by atoms with van der Waals surface area (Å²) in [5, 5.41) is 3.93. The van der Waals surface area contributed by atoms with Crippen molar-refractivity contribution in [2.75, 3.05) is 13.7 Å². The summed E-state index contributed by atoms with van der Waals surface area (Å²) in [5.74, 6) is 1.26. The third-order valence-corrected chi connectivity index (χ3v) is 4.13. The van der Waals surface area contributed by atoms with Crippen molar-refractivity contribution in [1.82, 2.24) is 5.32 Å². The van der Waals surface area contributed by atoms with Gasteiger partial charge in [-0.3, -0.25) is 4.79 Å². The lowest BCUT2D eigenvalue weighted by Gasteiger charge is -2.12. The van der Waals surface area contributed by atoms with Crippen LogP contribution in [0.1, 0.15) is 41.6 Å². The average Bonchev–Trinajstić information content (AvgIpc) is 3.08. The molecule has 0 fully saturated rings. The zero-order valence-corrected chi connectivity index (χ0v) is 15.2. The van der Waals surface area contributed by atoms with Crippen LogP contribution in [0.4, 0.5) is 0 Å². The molecule has 5 heteroatoms. The summed E-state index contributed by atoms with van der Waals surface area (Å²) in [4.78, 5) is 12.5. The largest absolute Gasteiger partial charge is 0.490 e. The van der Waals surface area contributed by atoms with Crippen LogP contribution in [0.3, 0.4) is 0 Å². The maximum Gasteiger partial charge on any atom is 0.251 e. The van der Waals surface area contributed by atoms with Crippen LogP contribution in [-0.2, 0) is 11.3 Å². The number of rotatable bonds is 7. The molecule has 1 heterocycles. The zero-order chi connectivity index (χ0) is 18.5. The first kappa shape index (κ1) is 18.0. The number of hydrogen-bond acceptors (Lipinski definition) is 4. The van der Waals surface area contributed by atoms with Crippen LogP contribution in [0, 0.1) is 0 Å². The number of fused-ring (bicyclic) bond motifs is 1. The number of methoxy groups -OCH3 is 1. The first-order chi connectivity index (χ1) is 12.6. The van der Waals surface area contributed by atoms with E-state index in [1.807, 2.05) is 50.2 Å². The van der Waals surface area contributed by atoms with Gasteiger partial charge in [0.15, 0.2) is 11.3 Å². The molecule has 1 unspecified atom stereocenters. The number of amides is 1. The number of benzene rings is 2. The molecule has 0 aliphatic rings. The molecule has 26 heavy (non-hydrogen) atoms. The third-order valence-electron chi connectivity index (χ3n) is 4.13. The van der Waals surface area contributed by atoms with Gasteiger partial charge >= 0.3 is 0 Å². The Balaban J connectivity index is 1.74. The molecule has 0 spiro atoms. The van der Waals surface area contributed by atoms with Crippen LogP contribution in [-0.4, -0.2) is 19.6 Å². The number of carbonyl (C=O) groups is 1. The molecule has 1 amide bonds. The molecule has 3 aromatic rings. The summed E-state index contributed by atoms with van der Waals surface area (Å²) < 4.78 is 16.6. The van der Waals surface area contributed by atoms with Crippen molar-refractivity contribution in [3.05, 3.63) is 65.4 Å². The predicted molar refractivity (Wildman–Crippen MR) is 100 cm³/mol. The topological polar surface area (TPSA) is 60.7 Å². The van der Waals surface area contributed by atoms with Crippen molar-refractivity contribution in [2.24, 2.45) is 0 Å². The number of hydrogen-bond donors (Lipinski definition) is 1. The fraction of sp³-hybridized carbons (Fsp3) is 0.286. The predicted octanol–water partition coefficient (Wildman–Crippen LogP) is 4.47. The van der Waals surface area contributed by atoms with Gasteiger partial charge in [0.2, 0.25) is 0 Å². The number of furan rings is 1. The van der Waals surface area contributed by atoms with Crippen LogP contribution >= 0.6 is 0 Å². The Morgan fingerprint density at radius 3 is 2.65 bits per heavy atom. The Morgan fingerprint density at radius 1 is 1.19 bits per heavy atom. The van der Waals surface area contributed by atoms with E-state index in [9.17, 15) is 4.79 Å². The smallest absolute Gasteiger partial charge is 0.251 e. The van der Waals surface area contributed by atoms with Crippen LogP contribution < -0.4 is 10.1 Å².